The average Bonchev–Trinajstić information content (AvgIpc) is 2.69. The molecule has 7 heteroatoms. The summed E-state index contributed by atoms with van der Waals surface area (Å²) in [6.07, 6.45) is 2.05. The Balaban J connectivity index is 0.00000210. The predicted octanol–water partition coefficient (Wildman–Crippen LogP) is -2.88. The van der Waals surface area contributed by atoms with E-state index in [2.05, 4.69) is 16.4 Å². The van der Waals surface area contributed by atoms with Gasteiger partial charge in [-0.15, -0.1) is 6.58 Å². The van der Waals surface area contributed by atoms with Crippen LogP contribution in [0.15, 0.2) is 61.2 Å². The van der Waals surface area contributed by atoms with Crippen LogP contribution in [0.3, 0.4) is 0 Å². The lowest BCUT2D eigenvalue weighted by Gasteiger charge is -2.36. The van der Waals surface area contributed by atoms with Crippen LogP contribution in [0.25, 0.3) is 0 Å². The number of rotatable bonds is 8. The molecule has 4 nitrogen and oxygen atoms in total. The van der Waals surface area contributed by atoms with Gasteiger partial charge in [0.25, 0.3) is 0 Å². The minimum Gasteiger partial charge on any atom is -1.00 e. The van der Waals surface area contributed by atoms with E-state index in [9.17, 15) is 9.50 Å². The third kappa shape index (κ3) is 7.52. The van der Waals surface area contributed by atoms with Gasteiger partial charge in [-0.2, -0.15) is 0 Å². The molecule has 0 saturated carbocycles. The molecular weight excluding hydrogens is 414 g/mol. The monoisotopic (exact) mass is 440 g/mol. The highest BCUT2D eigenvalue weighted by Gasteiger charge is 2.20. The molecule has 1 heterocycles. The Kier molecular flexibility index (Phi) is 11.1. The summed E-state index contributed by atoms with van der Waals surface area (Å²) < 4.78 is 18.9. The third-order valence-corrected chi connectivity index (χ3v) is 4.80. The Morgan fingerprint density at radius 1 is 1.03 bits per heavy atom. The second-order valence-corrected chi connectivity index (χ2v) is 6.83. The van der Waals surface area contributed by atoms with Crippen molar-refractivity contribution in [2.75, 3.05) is 44.2 Å². The normalized spacial score (nSPS) is 15.0. The van der Waals surface area contributed by atoms with Gasteiger partial charge in [-0.25, -0.2) is 4.39 Å². The van der Waals surface area contributed by atoms with Gasteiger partial charge in [-0.3, -0.25) is 4.90 Å². The van der Waals surface area contributed by atoms with Crippen molar-refractivity contribution in [3.8, 4) is 5.75 Å². The molecule has 29 heavy (non-hydrogen) atoms. The second kappa shape index (κ2) is 12.7. The third-order valence-electron chi connectivity index (χ3n) is 4.80. The summed E-state index contributed by atoms with van der Waals surface area (Å²) in [5.41, 5.74) is 2.12. The van der Waals surface area contributed by atoms with Gasteiger partial charge in [0.05, 0.1) is 0 Å². The number of para-hydroxylation sites is 1. The van der Waals surface area contributed by atoms with Crippen LogP contribution in [0.5, 0.6) is 5.75 Å². The van der Waals surface area contributed by atoms with Crippen LogP contribution in [-0.2, 0) is 6.42 Å². The number of aliphatic hydroxyl groups is 1. The van der Waals surface area contributed by atoms with Crippen molar-refractivity contribution in [3.05, 3.63) is 72.6 Å². The maximum atomic E-state index is 13.1. The molecule has 1 aliphatic heterocycles. The van der Waals surface area contributed by atoms with Gasteiger partial charge >= 0.3 is 0 Å². The van der Waals surface area contributed by atoms with E-state index in [1.54, 1.807) is 0 Å². The molecule has 2 aromatic carbocycles. The van der Waals surface area contributed by atoms with E-state index in [0.717, 1.165) is 49.6 Å². The van der Waals surface area contributed by atoms with E-state index in [1.165, 1.54) is 12.1 Å². The Labute approximate surface area is 184 Å². The van der Waals surface area contributed by atoms with Crippen LogP contribution in [-0.4, -0.2) is 55.4 Å². The predicted molar refractivity (Wildman–Crippen MR) is 107 cm³/mol. The smallest absolute Gasteiger partial charge is 0.123 e. The van der Waals surface area contributed by atoms with Crippen molar-refractivity contribution in [2.24, 2.45) is 0 Å². The summed E-state index contributed by atoms with van der Waals surface area (Å²) in [7, 11) is 0. The molecule has 0 amide bonds. The number of piperazine rings is 1. The first-order valence-corrected chi connectivity index (χ1v) is 9.38. The van der Waals surface area contributed by atoms with Crippen LogP contribution in [0, 0.1) is 5.82 Å². The van der Waals surface area contributed by atoms with Gasteiger partial charge < -0.3 is 39.6 Å². The van der Waals surface area contributed by atoms with Gasteiger partial charge in [0.2, 0.25) is 0 Å². The molecule has 160 valence electrons. The molecule has 1 N–H and O–H groups in total. The molecule has 0 bridgehead atoms. The number of benzene rings is 2. The van der Waals surface area contributed by atoms with Crippen molar-refractivity contribution >= 4 is 5.69 Å². The lowest BCUT2D eigenvalue weighted by molar-refractivity contribution is -0.00100. The zero-order valence-electron chi connectivity index (χ0n) is 16.3. The standard InChI is InChI=1S/C22H27FN2O2.2ClH/c1-2-5-18-6-3-4-7-22(18)27-17-21(26)16-24-12-14-25(15-13-24)20-10-8-19(23)9-11-20;;/h2-4,6-11,21,26H,1,5,12-17H2;2*1H/p-2. The number of β-amino-alcohol motifs (C(OH)–C–C–N with tert-alkyl or cyclic N) is 1. The van der Waals surface area contributed by atoms with Crippen LogP contribution < -0.4 is 34.5 Å². The SMILES string of the molecule is C=CCc1ccccc1OCC(O)CN1CCN(c2ccc(F)cc2)CC1.[Cl-].[Cl-]. The van der Waals surface area contributed by atoms with Crippen molar-refractivity contribution in [1.82, 2.24) is 4.90 Å². The number of anilines is 1. The molecule has 2 aromatic rings. The fraction of sp³-hybridized carbons (Fsp3) is 0.364. The van der Waals surface area contributed by atoms with E-state index >= 15 is 0 Å². The number of ether oxygens (including phenoxy) is 1. The molecule has 1 aliphatic rings. The summed E-state index contributed by atoms with van der Waals surface area (Å²) in [6.45, 7) is 8.07. The van der Waals surface area contributed by atoms with Gasteiger partial charge in [-0.1, -0.05) is 24.3 Å². The topological polar surface area (TPSA) is 35.9 Å². The minimum atomic E-state index is -0.542. The average molecular weight is 441 g/mol. The highest BCUT2D eigenvalue weighted by atomic mass is 35.5. The molecular formula is C22H27Cl2FN2O2-2. The number of hydrogen-bond donors (Lipinski definition) is 1. The first-order valence-electron chi connectivity index (χ1n) is 9.38. The maximum Gasteiger partial charge on any atom is 0.123 e. The highest BCUT2D eigenvalue weighted by Crippen LogP contribution is 2.20. The molecule has 1 fully saturated rings. The highest BCUT2D eigenvalue weighted by molar-refractivity contribution is 5.46. The van der Waals surface area contributed by atoms with Gasteiger partial charge in [0, 0.05) is 38.4 Å². The van der Waals surface area contributed by atoms with Crippen LogP contribution in [0.4, 0.5) is 10.1 Å². The van der Waals surface area contributed by atoms with Gasteiger partial charge in [-0.05, 0) is 42.3 Å². The molecule has 1 unspecified atom stereocenters. The Morgan fingerprint density at radius 2 is 1.69 bits per heavy atom. The van der Waals surface area contributed by atoms with E-state index in [1.807, 2.05) is 42.5 Å². The minimum absolute atomic E-state index is 0. The van der Waals surface area contributed by atoms with Crippen LogP contribution in [0.1, 0.15) is 5.56 Å². The largest absolute Gasteiger partial charge is 1.00 e. The number of hydrogen-bond acceptors (Lipinski definition) is 4. The summed E-state index contributed by atoms with van der Waals surface area (Å²) >= 11 is 0. The van der Waals surface area contributed by atoms with Crippen LogP contribution >= 0.6 is 0 Å². The molecule has 0 spiro atoms. The summed E-state index contributed by atoms with van der Waals surface area (Å²) in [4.78, 5) is 4.48. The van der Waals surface area contributed by atoms with Crippen molar-refractivity contribution in [3.63, 3.8) is 0 Å². The van der Waals surface area contributed by atoms with Gasteiger partial charge in [0.1, 0.15) is 24.3 Å². The number of aliphatic hydroxyl groups excluding tert-OH is 1. The van der Waals surface area contributed by atoms with E-state index in [-0.39, 0.29) is 37.2 Å². The Hall–Kier alpha value is -1.79. The first kappa shape index (κ1) is 25.2. The van der Waals surface area contributed by atoms with Crippen LogP contribution in [0.2, 0.25) is 0 Å². The van der Waals surface area contributed by atoms with Crippen molar-refractivity contribution in [1.29, 1.82) is 0 Å². The zero-order chi connectivity index (χ0) is 19.1. The molecule has 1 saturated heterocycles. The fourth-order valence-corrected chi connectivity index (χ4v) is 3.35. The Bertz CT molecular complexity index is 738. The van der Waals surface area contributed by atoms with Crippen molar-refractivity contribution in [2.45, 2.75) is 12.5 Å². The molecule has 3 rings (SSSR count). The molecule has 1 atom stereocenters. The van der Waals surface area contributed by atoms with Gasteiger partial charge in [0.15, 0.2) is 0 Å². The summed E-state index contributed by atoms with van der Waals surface area (Å²) in [5.74, 6) is 0.591. The first-order chi connectivity index (χ1) is 13.2. The summed E-state index contributed by atoms with van der Waals surface area (Å²) in [5, 5.41) is 10.4. The van der Waals surface area contributed by atoms with E-state index < -0.39 is 6.10 Å². The molecule has 0 radical (unpaired) electrons. The van der Waals surface area contributed by atoms with E-state index in [4.69, 9.17) is 4.74 Å². The lowest BCUT2D eigenvalue weighted by Crippen LogP contribution is -3.00. The molecule has 0 aromatic heterocycles. The number of allylic oxidation sites excluding steroid dienone is 1. The summed E-state index contributed by atoms with van der Waals surface area (Å²) in [6, 6.07) is 14.5. The quantitative estimate of drug-likeness (QED) is 0.447. The number of nitrogens with zero attached hydrogens (tertiary/aromatic N) is 2. The zero-order valence-corrected chi connectivity index (χ0v) is 17.8. The van der Waals surface area contributed by atoms with Crippen molar-refractivity contribution < 1.29 is 39.0 Å². The lowest BCUT2D eigenvalue weighted by atomic mass is 10.1. The van der Waals surface area contributed by atoms with E-state index in [0.29, 0.717) is 6.54 Å². The molecule has 0 aliphatic carbocycles. The second-order valence-electron chi connectivity index (χ2n) is 6.83. The number of halogens is 3. The fourth-order valence-electron chi connectivity index (χ4n) is 3.35. The maximum absolute atomic E-state index is 13.1. The Morgan fingerprint density at radius 3 is 2.34 bits per heavy atom.